The van der Waals surface area contributed by atoms with E-state index in [2.05, 4.69) is 58.3 Å². The molecule has 1 aromatic carbocycles. The van der Waals surface area contributed by atoms with Gasteiger partial charge in [-0.25, -0.2) is 9.97 Å². The Morgan fingerprint density at radius 1 is 1.17 bits per heavy atom. The Kier molecular flexibility index (Phi) is 5.20. The molecule has 1 aliphatic rings. The summed E-state index contributed by atoms with van der Waals surface area (Å²) in [6, 6.07) is 10.9. The molecule has 5 heteroatoms. The van der Waals surface area contributed by atoms with Gasteiger partial charge in [0.05, 0.1) is 13.2 Å². The fourth-order valence-electron chi connectivity index (χ4n) is 2.86. The zero-order valence-corrected chi connectivity index (χ0v) is 13.8. The number of ether oxygens (including phenoxy) is 1. The Morgan fingerprint density at radius 3 is 2.61 bits per heavy atom. The highest BCUT2D eigenvalue weighted by Crippen LogP contribution is 2.24. The molecule has 0 saturated carbocycles. The summed E-state index contributed by atoms with van der Waals surface area (Å²) in [5.41, 5.74) is 2.36. The lowest BCUT2D eigenvalue weighted by atomic mass is 10.0. The van der Waals surface area contributed by atoms with Gasteiger partial charge in [0.1, 0.15) is 5.82 Å². The number of anilines is 1. The molecule has 0 bridgehead atoms. The molecule has 2 aromatic rings. The van der Waals surface area contributed by atoms with Crippen LogP contribution in [0.25, 0.3) is 11.4 Å². The minimum atomic E-state index is 0.405. The van der Waals surface area contributed by atoms with Crippen LogP contribution in [0.4, 0.5) is 5.82 Å². The number of aromatic nitrogens is 2. The lowest BCUT2D eigenvalue weighted by molar-refractivity contribution is 0.0198. The van der Waals surface area contributed by atoms with E-state index in [4.69, 9.17) is 4.74 Å². The quantitative estimate of drug-likeness (QED) is 0.920. The summed E-state index contributed by atoms with van der Waals surface area (Å²) in [6.07, 6.45) is 1.80. The van der Waals surface area contributed by atoms with Crippen molar-refractivity contribution in [2.45, 2.75) is 19.9 Å². The Bertz CT molecular complexity index is 623. The number of morpholine rings is 1. The molecule has 1 saturated heterocycles. The molecule has 0 aliphatic carbocycles. The number of benzene rings is 1. The average Bonchev–Trinajstić information content (AvgIpc) is 2.62. The summed E-state index contributed by atoms with van der Waals surface area (Å²) in [4.78, 5) is 11.4. The van der Waals surface area contributed by atoms with Crippen LogP contribution in [0.5, 0.6) is 0 Å². The summed E-state index contributed by atoms with van der Waals surface area (Å²) >= 11 is 0. The Hall–Kier alpha value is -1.98. The predicted octanol–water partition coefficient (Wildman–Crippen LogP) is 2.97. The van der Waals surface area contributed by atoms with E-state index in [-0.39, 0.29) is 0 Å². The zero-order valence-electron chi connectivity index (χ0n) is 13.8. The first-order valence-electron chi connectivity index (χ1n) is 8.27. The van der Waals surface area contributed by atoms with Crippen molar-refractivity contribution in [3.63, 3.8) is 0 Å². The molecular weight excluding hydrogens is 288 g/mol. The average molecular weight is 312 g/mol. The SMILES string of the molecule is CCNc1ccnc(-c2ccc([C@@H](C)N3CCOCC3)cc2)n1. The third-order valence-electron chi connectivity index (χ3n) is 4.26. The molecular formula is C18H24N4O. The predicted molar refractivity (Wildman–Crippen MR) is 92.4 cm³/mol. The monoisotopic (exact) mass is 312 g/mol. The van der Waals surface area contributed by atoms with Gasteiger partial charge in [-0.15, -0.1) is 0 Å². The highest BCUT2D eigenvalue weighted by molar-refractivity contribution is 5.57. The van der Waals surface area contributed by atoms with Gasteiger partial charge in [0.15, 0.2) is 5.82 Å². The van der Waals surface area contributed by atoms with Gasteiger partial charge >= 0.3 is 0 Å². The Morgan fingerprint density at radius 2 is 1.91 bits per heavy atom. The zero-order chi connectivity index (χ0) is 16.1. The van der Waals surface area contributed by atoms with Crippen LogP contribution in [0.3, 0.4) is 0 Å². The first kappa shape index (κ1) is 15.9. The molecule has 0 radical (unpaired) electrons. The third-order valence-corrected chi connectivity index (χ3v) is 4.26. The highest BCUT2D eigenvalue weighted by atomic mass is 16.5. The van der Waals surface area contributed by atoms with Gasteiger partial charge in [-0.2, -0.15) is 0 Å². The van der Waals surface area contributed by atoms with Crippen LogP contribution in [0, 0.1) is 0 Å². The van der Waals surface area contributed by atoms with Crippen LogP contribution in [0.1, 0.15) is 25.5 Å². The van der Waals surface area contributed by atoms with Crippen LogP contribution in [0.15, 0.2) is 36.5 Å². The molecule has 0 unspecified atom stereocenters. The number of nitrogens with one attached hydrogen (secondary N) is 1. The normalized spacial score (nSPS) is 17.0. The molecule has 1 atom stereocenters. The standard InChI is InChI=1S/C18H24N4O/c1-3-19-17-8-9-20-18(21-17)16-6-4-15(5-7-16)14(2)22-10-12-23-13-11-22/h4-9,14H,3,10-13H2,1-2H3,(H,19,20,21)/t14-/m1/s1. The largest absolute Gasteiger partial charge is 0.379 e. The van der Waals surface area contributed by atoms with Crippen molar-refractivity contribution in [2.75, 3.05) is 38.2 Å². The van der Waals surface area contributed by atoms with Crippen molar-refractivity contribution in [1.29, 1.82) is 0 Å². The topological polar surface area (TPSA) is 50.3 Å². The smallest absolute Gasteiger partial charge is 0.161 e. The van der Waals surface area contributed by atoms with E-state index < -0.39 is 0 Å². The fraction of sp³-hybridized carbons (Fsp3) is 0.444. The van der Waals surface area contributed by atoms with Gasteiger partial charge < -0.3 is 10.1 Å². The van der Waals surface area contributed by atoms with E-state index in [9.17, 15) is 0 Å². The maximum atomic E-state index is 5.43. The summed E-state index contributed by atoms with van der Waals surface area (Å²) in [5, 5.41) is 3.22. The van der Waals surface area contributed by atoms with Gasteiger partial charge in [-0.1, -0.05) is 24.3 Å². The van der Waals surface area contributed by atoms with Crippen LogP contribution in [-0.4, -0.2) is 47.7 Å². The van der Waals surface area contributed by atoms with E-state index in [0.717, 1.165) is 50.1 Å². The van der Waals surface area contributed by atoms with E-state index >= 15 is 0 Å². The van der Waals surface area contributed by atoms with Gasteiger partial charge in [-0.3, -0.25) is 4.90 Å². The lowest BCUT2D eigenvalue weighted by Crippen LogP contribution is -2.37. The van der Waals surface area contributed by atoms with Crippen LogP contribution < -0.4 is 5.32 Å². The van der Waals surface area contributed by atoms with Crippen molar-refractivity contribution >= 4 is 5.82 Å². The molecule has 5 nitrogen and oxygen atoms in total. The van der Waals surface area contributed by atoms with E-state index in [1.807, 2.05) is 6.07 Å². The van der Waals surface area contributed by atoms with Gasteiger partial charge in [-0.05, 0) is 25.5 Å². The Balaban J connectivity index is 1.74. The van der Waals surface area contributed by atoms with Crippen molar-refractivity contribution in [3.8, 4) is 11.4 Å². The van der Waals surface area contributed by atoms with Crippen LogP contribution in [0.2, 0.25) is 0 Å². The Labute approximate surface area is 137 Å². The summed E-state index contributed by atoms with van der Waals surface area (Å²) in [7, 11) is 0. The molecule has 1 N–H and O–H groups in total. The first-order chi connectivity index (χ1) is 11.3. The molecule has 0 spiro atoms. The van der Waals surface area contributed by atoms with Crippen molar-refractivity contribution in [1.82, 2.24) is 14.9 Å². The van der Waals surface area contributed by atoms with E-state index in [1.54, 1.807) is 6.20 Å². The summed E-state index contributed by atoms with van der Waals surface area (Å²) in [5.74, 6) is 1.62. The molecule has 0 amide bonds. The molecule has 3 rings (SSSR count). The number of rotatable bonds is 5. The minimum Gasteiger partial charge on any atom is -0.379 e. The molecule has 2 heterocycles. The second kappa shape index (κ2) is 7.53. The van der Waals surface area contributed by atoms with Crippen molar-refractivity contribution < 1.29 is 4.74 Å². The summed E-state index contributed by atoms with van der Waals surface area (Å²) in [6.45, 7) is 8.81. The number of hydrogen-bond acceptors (Lipinski definition) is 5. The number of nitrogens with zero attached hydrogens (tertiary/aromatic N) is 3. The van der Waals surface area contributed by atoms with E-state index in [1.165, 1.54) is 5.56 Å². The first-order valence-corrected chi connectivity index (χ1v) is 8.27. The van der Waals surface area contributed by atoms with Gasteiger partial charge in [0.2, 0.25) is 0 Å². The van der Waals surface area contributed by atoms with Crippen molar-refractivity contribution in [3.05, 3.63) is 42.1 Å². The molecule has 23 heavy (non-hydrogen) atoms. The lowest BCUT2D eigenvalue weighted by Gasteiger charge is -2.32. The van der Waals surface area contributed by atoms with E-state index in [0.29, 0.717) is 6.04 Å². The maximum Gasteiger partial charge on any atom is 0.161 e. The molecule has 122 valence electrons. The minimum absolute atomic E-state index is 0.405. The molecule has 1 fully saturated rings. The third kappa shape index (κ3) is 3.86. The highest BCUT2D eigenvalue weighted by Gasteiger charge is 2.18. The summed E-state index contributed by atoms with van der Waals surface area (Å²) < 4.78 is 5.43. The second-order valence-electron chi connectivity index (χ2n) is 5.74. The van der Waals surface area contributed by atoms with Gasteiger partial charge in [0, 0.05) is 37.4 Å². The number of hydrogen-bond donors (Lipinski definition) is 1. The van der Waals surface area contributed by atoms with Crippen LogP contribution in [-0.2, 0) is 4.74 Å². The molecule has 1 aromatic heterocycles. The van der Waals surface area contributed by atoms with Crippen molar-refractivity contribution in [2.24, 2.45) is 0 Å². The maximum absolute atomic E-state index is 5.43. The van der Waals surface area contributed by atoms with Crippen LogP contribution >= 0.6 is 0 Å². The second-order valence-corrected chi connectivity index (χ2v) is 5.74. The molecule has 1 aliphatic heterocycles. The van der Waals surface area contributed by atoms with Gasteiger partial charge in [0.25, 0.3) is 0 Å². The fourth-order valence-corrected chi connectivity index (χ4v) is 2.86.